The molecule has 62 valence electrons. The van der Waals surface area contributed by atoms with Gasteiger partial charge in [0.15, 0.2) is 0 Å². The maximum absolute atomic E-state index is 8.92. The van der Waals surface area contributed by atoms with Gasteiger partial charge in [-0.1, -0.05) is 13.3 Å². The van der Waals surface area contributed by atoms with Gasteiger partial charge in [-0.05, 0) is 20.0 Å². The van der Waals surface area contributed by atoms with Crippen LogP contribution in [0.15, 0.2) is 0 Å². The van der Waals surface area contributed by atoms with Gasteiger partial charge in [-0.2, -0.15) is 0 Å². The Balaban J connectivity index is 0. The first-order valence-electron chi connectivity index (χ1n) is 3.52. The standard InChI is InChI=1S/C5H13N.C2H4O2/c1-3-4-5-6-2;3-1-2-4/h6H,3-5H2,1-2H3;1,4H,2H2. The van der Waals surface area contributed by atoms with Gasteiger partial charge >= 0.3 is 0 Å². The smallest absolute Gasteiger partial charge is 0.145 e. The molecule has 0 aliphatic rings. The SMILES string of the molecule is CCCCNC.O=CCO. The third-order valence-corrected chi connectivity index (χ3v) is 0.855. The van der Waals surface area contributed by atoms with E-state index < -0.39 is 0 Å². The molecule has 0 bridgehead atoms. The number of aldehydes is 1. The third kappa shape index (κ3) is 25.6. The van der Waals surface area contributed by atoms with E-state index in [2.05, 4.69) is 12.2 Å². The van der Waals surface area contributed by atoms with E-state index in [1.807, 2.05) is 7.05 Å². The van der Waals surface area contributed by atoms with Crippen molar-refractivity contribution >= 4 is 6.29 Å². The van der Waals surface area contributed by atoms with Gasteiger partial charge in [0.1, 0.15) is 6.29 Å². The summed E-state index contributed by atoms with van der Waals surface area (Å²) < 4.78 is 0. The molecule has 0 heterocycles. The normalized spacial score (nSPS) is 7.90. The summed E-state index contributed by atoms with van der Waals surface area (Å²) in [7, 11) is 1.98. The van der Waals surface area contributed by atoms with E-state index in [0.29, 0.717) is 6.29 Å². The average Bonchev–Trinajstić information content (AvgIpc) is 2.01. The molecule has 3 heteroatoms. The summed E-state index contributed by atoms with van der Waals surface area (Å²) in [6, 6.07) is 0. The van der Waals surface area contributed by atoms with Gasteiger partial charge < -0.3 is 15.2 Å². The number of rotatable bonds is 4. The molecule has 0 amide bonds. The lowest BCUT2D eigenvalue weighted by molar-refractivity contribution is -0.110. The van der Waals surface area contributed by atoms with E-state index in [1.54, 1.807) is 0 Å². The first-order chi connectivity index (χ1) is 4.83. The monoisotopic (exact) mass is 147 g/mol. The Morgan fingerprint density at radius 3 is 2.20 bits per heavy atom. The van der Waals surface area contributed by atoms with Gasteiger partial charge in [0, 0.05) is 0 Å². The molecule has 10 heavy (non-hydrogen) atoms. The van der Waals surface area contributed by atoms with Crippen LogP contribution < -0.4 is 5.32 Å². The van der Waals surface area contributed by atoms with Gasteiger partial charge in [-0.3, -0.25) is 0 Å². The summed E-state index contributed by atoms with van der Waals surface area (Å²) in [5, 5.41) is 10.6. The molecule has 0 unspecified atom stereocenters. The Kier molecular flexibility index (Phi) is 19.5. The number of carbonyl (C=O) groups excluding carboxylic acids is 1. The van der Waals surface area contributed by atoms with E-state index in [1.165, 1.54) is 12.8 Å². The van der Waals surface area contributed by atoms with E-state index in [0.717, 1.165) is 6.54 Å². The minimum atomic E-state index is -0.361. The molecule has 0 rings (SSSR count). The largest absolute Gasteiger partial charge is 0.389 e. The Hall–Kier alpha value is -0.410. The van der Waals surface area contributed by atoms with Gasteiger partial charge in [0.25, 0.3) is 0 Å². The second-order valence-electron chi connectivity index (χ2n) is 1.81. The highest BCUT2D eigenvalue weighted by Crippen LogP contribution is 1.79. The van der Waals surface area contributed by atoms with E-state index in [-0.39, 0.29) is 6.61 Å². The van der Waals surface area contributed by atoms with Crippen molar-refractivity contribution in [2.75, 3.05) is 20.2 Å². The summed E-state index contributed by atoms with van der Waals surface area (Å²) in [5.41, 5.74) is 0. The van der Waals surface area contributed by atoms with Crippen molar-refractivity contribution in [1.29, 1.82) is 0 Å². The molecule has 0 fully saturated rings. The maximum atomic E-state index is 8.92. The van der Waals surface area contributed by atoms with Crippen LogP contribution in [0.5, 0.6) is 0 Å². The van der Waals surface area contributed by atoms with Crippen LogP contribution in [0.1, 0.15) is 19.8 Å². The second-order valence-corrected chi connectivity index (χ2v) is 1.81. The molecule has 0 radical (unpaired) electrons. The first-order valence-corrected chi connectivity index (χ1v) is 3.52. The maximum Gasteiger partial charge on any atom is 0.145 e. The fraction of sp³-hybridized carbons (Fsp3) is 0.857. The summed E-state index contributed by atoms with van der Waals surface area (Å²) >= 11 is 0. The van der Waals surface area contributed by atoms with E-state index >= 15 is 0 Å². The lowest BCUT2D eigenvalue weighted by Gasteiger charge is -1.89. The van der Waals surface area contributed by atoms with Crippen molar-refractivity contribution in [3.05, 3.63) is 0 Å². The zero-order valence-electron chi connectivity index (χ0n) is 6.76. The predicted octanol–water partition coefficient (Wildman–Crippen LogP) is 0.183. The van der Waals surface area contributed by atoms with Crippen LogP contribution in [0.3, 0.4) is 0 Å². The first kappa shape index (κ1) is 12.3. The number of aliphatic hydroxyl groups excluding tert-OH is 1. The lowest BCUT2D eigenvalue weighted by Crippen LogP contribution is -2.06. The van der Waals surface area contributed by atoms with Crippen molar-refractivity contribution in [2.24, 2.45) is 0 Å². The fourth-order valence-corrected chi connectivity index (χ4v) is 0.354. The highest BCUT2D eigenvalue weighted by atomic mass is 16.3. The molecule has 0 aliphatic heterocycles. The van der Waals surface area contributed by atoms with Crippen LogP contribution in [0.4, 0.5) is 0 Å². The zero-order chi connectivity index (χ0) is 8.24. The molecule has 0 atom stereocenters. The summed E-state index contributed by atoms with van der Waals surface area (Å²) in [6.07, 6.45) is 3.03. The molecule has 0 aliphatic carbocycles. The number of hydrogen-bond acceptors (Lipinski definition) is 3. The van der Waals surface area contributed by atoms with Crippen LogP contribution in [-0.4, -0.2) is 31.6 Å². The van der Waals surface area contributed by atoms with Crippen molar-refractivity contribution in [1.82, 2.24) is 5.32 Å². The van der Waals surface area contributed by atoms with Crippen molar-refractivity contribution in [3.8, 4) is 0 Å². The van der Waals surface area contributed by atoms with Crippen molar-refractivity contribution in [2.45, 2.75) is 19.8 Å². The average molecular weight is 147 g/mol. The molecular formula is C7H17NO2. The molecular weight excluding hydrogens is 130 g/mol. The summed E-state index contributed by atoms with van der Waals surface area (Å²) in [5.74, 6) is 0. The Bertz CT molecular complexity index is 53.6. The van der Waals surface area contributed by atoms with Crippen LogP contribution in [0, 0.1) is 0 Å². The van der Waals surface area contributed by atoms with Gasteiger partial charge in [0.2, 0.25) is 0 Å². The highest BCUT2D eigenvalue weighted by molar-refractivity contribution is 5.49. The highest BCUT2D eigenvalue weighted by Gasteiger charge is 1.73. The minimum Gasteiger partial charge on any atom is -0.389 e. The molecule has 0 saturated carbocycles. The van der Waals surface area contributed by atoms with Crippen LogP contribution in [-0.2, 0) is 4.79 Å². The van der Waals surface area contributed by atoms with Crippen LogP contribution in [0.2, 0.25) is 0 Å². The Morgan fingerprint density at radius 2 is 2.10 bits per heavy atom. The van der Waals surface area contributed by atoms with E-state index in [4.69, 9.17) is 9.90 Å². The van der Waals surface area contributed by atoms with Gasteiger partial charge in [-0.15, -0.1) is 0 Å². The summed E-state index contributed by atoms with van der Waals surface area (Å²) in [4.78, 5) is 8.92. The predicted molar refractivity (Wildman–Crippen MR) is 42.0 cm³/mol. The molecule has 0 spiro atoms. The zero-order valence-corrected chi connectivity index (χ0v) is 6.76. The van der Waals surface area contributed by atoms with Crippen LogP contribution in [0.25, 0.3) is 0 Å². The number of hydrogen-bond donors (Lipinski definition) is 2. The third-order valence-electron chi connectivity index (χ3n) is 0.855. The number of unbranched alkanes of at least 4 members (excludes halogenated alkanes) is 1. The quantitative estimate of drug-likeness (QED) is 0.440. The van der Waals surface area contributed by atoms with Gasteiger partial charge in [0.05, 0.1) is 6.61 Å². The number of aliphatic hydroxyl groups is 1. The minimum absolute atomic E-state index is 0.361. The Labute approximate surface area is 62.4 Å². The molecule has 0 aromatic rings. The van der Waals surface area contributed by atoms with Crippen LogP contribution >= 0.6 is 0 Å². The van der Waals surface area contributed by atoms with Crippen molar-refractivity contribution in [3.63, 3.8) is 0 Å². The summed E-state index contributed by atoms with van der Waals surface area (Å²) in [6.45, 7) is 2.99. The van der Waals surface area contributed by atoms with E-state index in [9.17, 15) is 0 Å². The lowest BCUT2D eigenvalue weighted by atomic mass is 10.3. The van der Waals surface area contributed by atoms with Crippen molar-refractivity contribution < 1.29 is 9.90 Å². The molecule has 0 aromatic heterocycles. The topological polar surface area (TPSA) is 49.3 Å². The molecule has 0 aromatic carbocycles. The second kappa shape index (κ2) is 15.8. The molecule has 3 nitrogen and oxygen atoms in total. The fourth-order valence-electron chi connectivity index (χ4n) is 0.354. The Morgan fingerprint density at radius 1 is 1.60 bits per heavy atom. The number of carbonyl (C=O) groups is 1. The molecule has 0 saturated heterocycles. The number of nitrogens with one attached hydrogen (secondary N) is 1. The molecule has 2 N–H and O–H groups in total. The van der Waals surface area contributed by atoms with Gasteiger partial charge in [-0.25, -0.2) is 0 Å².